The number of rotatable bonds is 8. The molecule has 0 radical (unpaired) electrons. The van der Waals surface area contributed by atoms with Crippen LogP contribution in [-0.4, -0.2) is 30.9 Å². The first kappa shape index (κ1) is 21.4. The molecule has 30 heavy (non-hydrogen) atoms. The molecule has 0 atom stereocenters. The first-order chi connectivity index (χ1) is 14.5. The minimum absolute atomic E-state index is 0.0361. The predicted octanol–water partition coefficient (Wildman–Crippen LogP) is 3.43. The summed E-state index contributed by atoms with van der Waals surface area (Å²) >= 11 is 0. The molecule has 0 fully saturated rings. The van der Waals surface area contributed by atoms with Gasteiger partial charge in [-0.1, -0.05) is 6.07 Å². The maximum Gasteiger partial charge on any atom is 0.251 e. The highest BCUT2D eigenvalue weighted by Gasteiger charge is 2.15. The van der Waals surface area contributed by atoms with E-state index in [9.17, 15) is 14.4 Å². The molecule has 3 rings (SSSR count). The number of carbonyl (C=O) groups is 3. The Kier molecular flexibility index (Phi) is 7.06. The van der Waals surface area contributed by atoms with Gasteiger partial charge < -0.3 is 20.7 Å². The van der Waals surface area contributed by atoms with Crippen LogP contribution in [0.25, 0.3) is 0 Å². The van der Waals surface area contributed by atoms with Crippen molar-refractivity contribution >= 4 is 29.1 Å². The molecule has 1 heterocycles. The van der Waals surface area contributed by atoms with Gasteiger partial charge in [-0.15, -0.1) is 0 Å². The average Bonchev–Trinajstić information content (AvgIpc) is 2.73. The first-order valence-electron chi connectivity index (χ1n) is 10.2. The zero-order chi connectivity index (χ0) is 21.5. The average molecular weight is 409 g/mol. The molecule has 7 heteroatoms. The van der Waals surface area contributed by atoms with Crippen molar-refractivity contribution in [1.82, 2.24) is 5.32 Å². The second kappa shape index (κ2) is 9.91. The molecule has 0 aromatic heterocycles. The second-order valence-electron chi connectivity index (χ2n) is 7.26. The van der Waals surface area contributed by atoms with E-state index in [0.717, 1.165) is 22.6 Å². The van der Waals surface area contributed by atoms with Gasteiger partial charge in [-0.2, -0.15) is 0 Å². The summed E-state index contributed by atoms with van der Waals surface area (Å²) in [5.74, 6) is 0.485. The molecule has 3 N–H and O–H groups in total. The van der Waals surface area contributed by atoms with Crippen LogP contribution >= 0.6 is 0 Å². The Morgan fingerprint density at radius 1 is 1.13 bits per heavy atom. The van der Waals surface area contributed by atoms with Gasteiger partial charge in [-0.25, -0.2) is 0 Å². The fraction of sp³-hybridized carbons (Fsp3) is 0.348. The van der Waals surface area contributed by atoms with Crippen molar-refractivity contribution in [2.24, 2.45) is 0 Å². The summed E-state index contributed by atoms with van der Waals surface area (Å²) in [4.78, 5) is 35.7. The van der Waals surface area contributed by atoms with Crippen LogP contribution in [0.15, 0.2) is 36.4 Å². The van der Waals surface area contributed by atoms with Crippen molar-refractivity contribution in [2.45, 2.75) is 39.5 Å². The smallest absolute Gasteiger partial charge is 0.251 e. The molecule has 7 nitrogen and oxygen atoms in total. The van der Waals surface area contributed by atoms with Gasteiger partial charge >= 0.3 is 0 Å². The Morgan fingerprint density at radius 3 is 2.77 bits per heavy atom. The minimum Gasteiger partial charge on any atom is -0.494 e. The summed E-state index contributed by atoms with van der Waals surface area (Å²) in [7, 11) is 0. The van der Waals surface area contributed by atoms with Crippen LogP contribution in [-0.2, 0) is 16.0 Å². The Labute approximate surface area is 176 Å². The number of hydrogen-bond donors (Lipinski definition) is 3. The highest BCUT2D eigenvalue weighted by Crippen LogP contribution is 2.27. The van der Waals surface area contributed by atoms with Crippen molar-refractivity contribution in [3.05, 3.63) is 53.1 Å². The lowest BCUT2D eigenvalue weighted by Gasteiger charge is -2.17. The van der Waals surface area contributed by atoms with Crippen LogP contribution in [0.2, 0.25) is 0 Å². The maximum absolute atomic E-state index is 12.3. The highest BCUT2D eigenvalue weighted by atomic mass is 16.5. The second-order valence-corrected chi connectivity index (χ2v) is 7.26. The predicted molar refractivity (Wildman–Crippen MR) is 116 cm³/mol. The van der Waals surface area contributed by atoms with E-state index in [0.29, 0.717) is 50.1 Å². The Morgan fingerprint density at radius 2 is 1.97 bits per heavy atom. The van der Waals surface area contributed by atoms with E-state index in [1.165, 1.54) is 0 Å². The van der Waals surface area contributed by atoms with Gasteiger partial charge in [0.15, 0.2) is 0 Å². The van der Waals surface area contributed by atoms with Crippen molar-refractivity contribution in [3.63, 3.8) is 0 Å². The molecule has 0 aliphatic carbocycles. The quantitative estimate of drug-likeness (QED) is 0.582. The summed E-state index contributed by atoms with van der Waals surface area (Å²) in [6.45, 7) is 4.71. The monoisotopic (exact) mass is 409 g/mol. The molecular weight excluding hydrogens is 382 g/mol. The fourth-order valence-electron chi connectivity index (χ4n) is 3.25. The van der Waals surface area contributed by atoms with Crippen LogP contribution in [0.4, 0.5) is 11.4 Å². The van der Waals surface area contributed by atoms with Gasteiger partial charge in [0.1, 0.15) is 5.75 Å². The number of aryl methyl sites for hydroxylation is 2. The number of carbonyl (C=O) groups excluding carboxylic acids is 3. The normalized spacial score (nSPS) is 12.5. The number of ether oxygens (including phenoxy) is 1. The number of hydrogen-bond acceptors (Lipinski definition) is 4. The lowest BCUT2D eigenvalue weighted by Crippen LogP contribution is -2.23. The molecule has 0 bridgehead atoms. The standard InChI is InChI=1S/C23H27N3O4/c1-3-24-23(29)17-7-6-15(2)20(14-17)26-21(27)5-4-12-30-18-9-10-19-16(13-18)8-11-22(28)25-19/h6-7,9-10,13-14H,3-5,8,11-12H2,1-2H3,(H,24,29)(H,25,28)(H,26,27). The van der Waals surface area contributed by atoms with Gasteiger partial charge in [0.25, 0.3) is 5.91 Å². The molecule has 158 valence electrons. The molecule has 1 aliphatic heterocycles. The Balaban J connectivity index is 1.47. The van der Waals surface area contributed by atoms with E-state index >= 15 is 0 Å². The van der Waals surface area contributed by atoms with Gasteiger partial charge in [-0.05, 0) is 68.1 Å². The summed E-state index contributed by atoms with van der Waals surface area (Å²) in [6, 6.07) is 10.9. The van der Waals surface area contributed by atoms with Crippen LogP contribution < -0.4 is 20.7 Å². The van der Waals surface area contributed by atoms with Crippen molar-refractivity contribution in [2.75, 3.05) is 23.8 Å². The lowest BCUT2D eigenvalue weighted by molar-refractivity contribution is -0.117. The molecule has 3 amide bonds. The van der Waals surface area contributed by atoms with E-state index in [-0.39, 0.29) is 17.7 Å². The number of anilines is 2. The zero-order valence-electron chi connectivity index (χ0n) is 17.3. The lowest BCUT2D eigenvalue weighted by atomic mass is 10.0. The number of nitrogens with one attached hydrogen (secondary N) is 3. The fourth-order valence-corrected chi connectivity index (χ4v) is 3.25. The molecule has 1 aliphatic rings. The zero-order valence-corrected chi connectivity index (χ0v) is 17.3. The van der Waals surface area contributed by atoms with Crippen LogP contribution in [0.5, 0.6) is 5.75 Å². The first-order valence-corrected chi connectivity index (χ1v) is 10.2. The summed E-state index contributed by atoms with van der Waals surface area (Å²) < 4.78 is 5.76. The third kappa shape index (κ3) is 5.59. The van der Waals surface area contributed by atoms with Gasteiger partial charge in [0, 0.05) is 36.3 Å². The van der Waals surface area contributed by atoms with Crippen LogP contribution in [0, 0.1) is 6.92 Å². The van der Waals surface area contributed by atoms with Crippen molar-refractivity contribution in [3.8, 4) is 5.75 Å². The van der Waals surface area contributed by atoms with E-state index in [1.54, 1.807) is 12.1 Å². The molecular formula is C23H27N3O4. The van der Waals surface area contributed by atoms with Crippen LogP contribution in [0.1, 0.15) is 47.7 Å². The van der Waals surface area contributed by atoms with Crippen molar-refractivity contribution in [1.29, 1.82) is 0 Å². The van der Waals surface area contributed by atoms with Crippen molar-refractivity contribution < 1.29 is 19.1 Å². The summed E-state index contributed by atoms with van der Waals surface area (Å²) in [5.41, 5.74) is 3.95. The van der Waals surface area contributed by atoms with E-state index < -0.39 is 0 Å². The SMILES string of the molecule is CCNC(=O)c1ccc(C)c(NC(=O)CCCOc2ccc3c(c2)CCC(=O)N3)c1. The molecule has 2 aromatic carbocycles. The van der Waals surface area contributed by atoms with Gasteiger partial charge in [0.05, 0.1) is 6.61 Å². The summed E-state index contributed by atoms with van der Waals surface area (Å²) in [6.07, 6.45) is 2.06. The van der Waals surface area contributed by atoms with Crippen LogP contribution in [0.3, 0.4) is 0 Å². The third-order valence-corrected chi connectivity index (χ3v) is 4.90. The highest BCUT2D eigenvalue weighted by molar-refractivity contribution is 5.97. The Bertz CT molecular complexity index is 955. The molecule has 0 saturated carbocycles. The Hall–Kier alpha value is -3.35. The molecule has 0 saturated heterocycles. The number of benzene rings is 2. The maximum atomic E-state index is 12.3. The van der Waals surface area contributed by atoms with E-state index in [2.05, 4.69) is 16.0 Å². The largest absolute Gasteiger partial charge is 0.494 e. The molecule has 0 unspecified atom stereocenters. The molecule has 0 spiro atoms. The number of fused-ring (bicyclic) bond motifs is 1. The van der Waals surface area contributed by atoms with E-state index in [4.69, 9.17) is 4.74 Å². The summed E-state index contributed by atoms with van der Waals surface area (Å²) in [5, 5.41) is 8.47. The topological polar surface area (TPSA) is 96.5 Å². The van der Waals surface area contributed by atoms with Gasteiger partial charge in [0.2, 0.25) is 11.8 Å². The third-order valence-electron chi connectivity index (χ3n) is 4.90. The van der Waals surface area contributed by atoms with Gasteiger partial charge in [-0.3, -0.25) is 14.4 Å². The van der Waals surface area contributed by atoms with E-state index in [1.807, 2.05) is 38.1 Å². The minimum atomic E-state index is -0.161. The molecule has 2 aromatic rings. The number of amides is 3.